The lowest BCUT2D eigenvalue weighted by Gasteiger charge is -2.09. The van der Waals surface area contributed by atoms with Crippen LogP contribution >= 0.6 is 0 Å². The highest BCUT2D eigenvalue weighted by Gasteiger charge is 2.33. The van der Waals surface area contributed by atoms with Gasteiger partial charge in [0.25, 0.3) is 0 Å². The van der Waals surface area contributed by atoms with Crippen LogP contribution in [0.3, 0.4) is 0 Å². The standard InChI is InChI=1S/C40H18N6/c1-42-30-19-34-33(18-29(30)22-10-6-3-7-11-22)45-39-26-14-13-25-35-24(12-15-27(36(26)35)40(39)46-34)37-38(25)44-32-17-28(21-8-4-2-5-9-21)23(20-41)16-31(32)43-37/h2-19H. The maximum atomic E-state index is 10.00. The highest BCUT2D eigenvalue weighted by molar-refractivity contribution is 6.25. The predicted octanol–water partition coefficient (Wildman–Crippen LogP) is 9.78. The highest BCUT2D eigenvalue weighted by atomic mass is 14.9. The van der Waals surface area contributed by atoms with Gasteiger partial charge in [0.15, 0.2) is 5.69 Å². The number of aromatic nitrogens is 4. The quantitative estimate of drug-likeness (QED) is 0.190. The molecule has 0 atom stereocenters. The predicted molar refractivity (Wildman–Crippen MR) is 181 cm³/mol. The molecule has 208 valence electrons. The topological polar surface area (TPSA) is 79.7 Å². The van der Waals surface area contributed by atoms with Gasteiger partial charge in [0, 0.05) is 38.6 Å². The molecule has 0 spiro atoms. The van der Waals surface area contributed by atoms with Crippen molar-refractivity contribution >= 4 is 38.5 Å². The summed E-state index contributed by atoms with van der Waals surface area (Å²) in [5, 5.41) is 12.2. The third kappa shape index (κ3) is 3.22. The number of nitrogens with zero attached hydrogens (tertiary/aromatic N) is 6. The van der Waals surface area contributed by atoms with Crippen LogP contribution in [0, 0.1) is 17.9 Å². The third-order valence-corrected chi connectivity index (χ3v) is 9.18. The number of rotatable bonds is 2. The second-order valence-corrected chi connectivity index (χ2v) is 11.6. The SMILES string of the molecule is [C-]#[N+]c1cc2nc3c(nc2cc1-c1ccccc1)-c1ccc2c4c(ccc-3c14)-c1nc3cc(C#N)c(-c4ccccc4)cc3nc1-2. The van der Waals surface area contributed by atoms with Crippen molar-refractivity contribution in [3.63, 3.8) is 0 Å². The molecule has 2 aliphatic rings. The minimum atomic E-state index is 0.554. The van der Waals surface area contributed by atoms with Crippen molar-refractivity contribution in [1.29, 1.82) is 5.26 Å². The molecule has 0 fully saturated rings. The summed E-state index contributed by atoms with van der Waals surface area (Å²) in [6.45, 7) is 7.86. The molecule has 2 aromatic heterocycles. The van der Waals surface area contributed by atoms with Gasteiger partial charge in [-0.1, -0.05) is 84.9 Å². The molecule has 6 aromatic carbocycles. The Balaban J connectivity index is 1.18. The zero-order valence-electron chi connectivity index (χ0n) is 24.1. The van der Waals surface area contributed by atoms with Crippen LogP contribution in [0.15, 0.2) is 109 Å². The zero-order chi connectivity index (χ0) is 30.5. The number of fused-ring (bicyclic) bond motifs is 8. The van der Waals surface area contributed by atoms with E-state index in [0.717, 1.165) is 89.1 Å². The Hall–Kier alpha value is -6.76. The van der Waals surface area contributed by atoms with Crippen LogP contribution < -0.4 is 0 Å². The Morgan fingerprint density at radius 1 is 0.478 bits per heavy atom. The molecule has 0 amide bonds. The van der Waals surface area contributed by atoms with Gasteiger partial charge >= 0.3 is 0 Å². The Kier molecular flexibility index (Phi) is 4.76. The molecule has 0 aliphatic heterocycles. The normalized spacial score (nSPS) is 11.9. The van der Waals surface area contributed by atoms with Crippen molar-refractivity contribution in [2.24, 2.45) is 0 Å². The Morgan fingerprint density at radius 2 is 0.891 bits per heavy atom. The second kappa shape index (κ2) is 8.89. The molecule has 0 radical (unpaired) electrons. The lowest BCUT2D eigenvalue weighted by atomic mass is 9.99. The van der Waals surface area contributed by atoms with E-state index in [9.17, 15) is 5.26 Å². The van der Waals surface area contributed by atoms with Crippen molar-refractivity contribution in [2.45, 2.75) is 0 Å². The third-order valence-electron chi connectivity index (χ3n) is 9.18. The van der Waals surface area contributed by atoms with E-state index in [2.05, 4.69) is 35.2 Å². The maximum Gasteiger partial charge on any atom is 0.197 e. The molecule has 0 saturated heterocycles. The van der Waals surface area contributed by atoms with Gasteiger partial charge in [-0.05, 0) is 41.0 Å². The lowest BCUT2D eigenvalue weighted by molar-refractivity contribution is 1.31. The first kappa shape index (κ1) is 24.7. The summed E-state index contributed by atoms with van der Waals surface area (Å²) in [6.07, 6.45) is 0. The molecule has 10 rings (SSSR count). The molecule has 0 bridgehead atoms. The Morgan fingerprint density at radius 3 is 1.35 bits per heavy atom. The highest BCUT2D eigenvalue weighted by Crippen LogP contribution is 2.55. The molecule has 0 N–H and O–H groups in total. The van der Waals surface area contributed by atoms with E-state index >= 15 is 0 Å². The van der Waals surface area contributed by atoms with Crippen LogP contribution in [0.2, 0.25) is 0 Å². The van der Waals surface area contributed by atoms with Crippen LogP contribution in [-0.2, 0) is 0 Å². The summed E-state index contributed by atoms with van der Waals surface area (Å²) < 4.78 is 0. The Labute approximate surface area is 262 Å². The first-order chi connectivity index (χ1) is 22.7. The van der Waals surface area contributed by atoms with Gasteiger partial charge in [-0.15, -0.1) is 0 Å². The largest absolute Gasteiger partial charge is 0.245 e. The summed E-state index contributed by atoms with van der Waals surface area (Å²) in [6, 6.07) is 38.3. The monoisotopic (exact) mass is 582 g/mol. The van der Waals surface area contributed by atoms with Gasteiger partial charge in [-0.25, -0.2) is 24.8 Å². The summed E-state index contributed by atoms with van der Waals surface area (Å²) in [4.78, 5) is 24.3. The fourth-order valence-electron chi connectivity index (χ4n) is 7.12. The van der Waals surface area contributed by atoms with Gasteiger partial charge in [0.05, 0.1) is 63.0 Å². The Bertz CT molecular complexity index is 2560. The minimum Gasteiger partial charge on any atom is -0.245 e. The molecule has 46 heavy (non-hydrogen) atoms. The van der Waals surface area contributed by atoms with Crippen LogP contribution in [-0.4, -0.2) is 19.9 Å². The minimum absolute atomic E-state index is 0.554. The molecule has 8 aromatic rings. The van der Waals surface area contributed by atoms with Gasteiger partial charge in [-0.3, -0.25) is 0 Å². The number of benzene rings is 6. The number of hydrogen-bond acceptors (Lipinski definition) is 5. The average Bonchev–Trinajstić information content (AvgIpc) is 3.60. The van der Waals surface area contributed by atoms with Crippen molar-refractivity contribution in [3.8, 4) is 73.4 Å². The maximum absolute atomic E-state index is 10.00. The first-order valence-electron chi connectivity index (χ1n) is 14.9. The zero-order valence-corrected chi connectivity index (χ0v) is 24.1. The summed E-state index contributed by atoms with van der Waals surface area (Å²) >= 11 is 0. The number of nitriles is 1. The van der Waals surface area contributed by atoms with Crippen molar-refractivity contribution in [3.05, 3.63) is 126 Å². The molecule has 2 aliphatic carbocycles. The fourth-order valence-corrected chi connectivity index (χ4v) is 7.12. The van der Waals surface area contributed by atoms with Crippen molar-refractivity contribution in [1.82, 2.24) is 19.9 Å². The van der Waals surface area contributed by atoms with E-state index in [1.807, 2.05) is 84.9 Å². The molecule has 0 saturated carbocycles. The van der Waals surface area contributed by atoms with E-state index in [1.54, 1.807) is 0 Å². The number of hydrogen-bond donors (Lipinski definition) is 0. The summed E-state index contributed by atoms with van der Waals surface area (Å²) in [5.74, 6) is 0. The van der Waals surface area contributed by atoms with E-state index in [-0.39, 0.29) is 0 Å². The summed E-state index contributed by atoms with van der Waals surface area (Å²) in [5.41, 5.74) is 15.1. The van der Waals surface area contributed by atoms with Gasteiger partial charge in [0.1, 0.15) is 0 Å². The summed E-state index contributed by atoms with van der Waals surface area (Å²) in [7, 11) is 0. The smallest absolute Gasteiger partial charge is 0.197 e. The van der Waals surface area contributed by atoms with Crippen LogP contribution in [0.1, 0.15) is 5.56 Å². The van der Waals surface area contributed by atoms with Gasteiger partial charge < -0.3 is 0 Å². The lowest BCUT2D eigenvalue weighted by Crippen LogP contribution is -1.94. The van der Waals surface area contributed by atoms with Crippen LogP contribution in [0.25, 0.3) is 105 Å². The molecular weight excluding hydrogens is 564 g/mol. The second-order valence-electron chi connectivity index (χ2n) is 11.6. The van der Waals surface area contributed by atoms with Crippen molar-refractivity contribution < 1.29 is 0 Å². The molecule has 6 nitrogen and oxygen atoms in total. The molecule has 2 heterocycles. The van der Waals surface area contributed by atoms with E-state index < -0.39 is 0 Å². The van der Waals surface area contributed by atoms with Gasteiger partial charge in [-0.2, -0.15) is 5.26 Å². The average molecular weight is 583 g/mol. The fraction of sp³-hybridized carbons (Fsp3) is 0. The van der Waals surface area contributed by atoms with Gasteiger partial charge in [0.2, 0.25) is 0 Å². The molecular formula is C40H18N6. The first-order valence-corrected chi connectivity index (χ1v) is 14.9. The molecule has 0 unspecified atom stereocenters. The van der Waals surface area contributed by atoms with E-state index in [4.69, 9.17) is 26.5 Å². The molecule has 6 heteroatoms. The van der Waals surface area contributed by atoms with E-state index in [1.165, 1.54) is 0 Å². The van der Waals surface area contributed by atoms with E-state index in [0.29, 0.717) is 22.3 Å². The van der Waals surface area contributed by atoms with Crippen molar-refractivity contribution in [2.75, 3.05) is 0 Å². The van der Waals surface area contributed by atoms with Crippen LogP contribution in [0.4, 0.5) is 5.69 Å². The van der Waals surface area contributed by atoms with Crippen LogP contribution in [0.5, 0.6) is 0 Å².